The summed E-state index contributed by atoms with van der Waals surface area (Å²) in [6.45, 7) is 1.97. The van der Waals surface area contributed by atoms with Crippen LogP contribution in [0.1, 0.15) is 23.7 Å². The first-order valence-corrected chi connectivity index (χ1v) is 5.94. The van der Waals surface area contributed by atoms with E-state index in [1.54, 1.807) is 18.3 Å². The summed E-state index contributed by atoms with van der Waals surface area (Å²) < 4.78 is 1.85. The zero-order valence-corrected chi connectivity index (χ0v) is 10.7. The average molecular weight is 265 g/mol. The monoisotopic (exact) mass is 264 g/mol. The van der Waals surface area contributed by atoms with Crippen molar-refractivity contribution in [3.05, 3.63) is 35.0 Å². The molecule has 0 fully saturated rings. The molecule has 0 atom stereocenters. The van der Waals surface area contributed by atoms with Crippen LogP contribution in [-0.4, -0.2) is 16.3 Å². The molecule has 0 spiro atoms. The fraction of sp³-hybridized carbons (Fsp3) is 0.231. The van der Waals surface area contributed by atoms with Crippen LogP contribution in [0.15, 0.2) is 24.4 Å². The highest BCUT2D eigenvalue weighted by molar-refractivity contribution is 6.31. The van der Waals surface area contributed by atoms with Gasteiger partial charge in [0.25, 0.3) is 0 Å². The van der Waals surface area contributed by atoms with Crippen molar-refractivity contribution in [3.8, 4) is 0 Å². The summed E-state index contributed by atoms with van der Waals surface area (Å²) >= 11 is 5.94. The van der Waals surface area contributed by atoms with Crippen molar-refractivity contribution in [1.82, 2.24) is 4.57 Å². The number of nitrogens with two attached hydrogens (primary N) is 1. The topological polar surface area (TPSA) is 65.1 Å². The van der Waals surface area contributed by atoms with Gasteiger partial charge in [0.15, 0.2) is 5.78 Å². The summed E-state index contributed by atoms with van der Waals surface area (Å²) in [6.07, 6.45) is 1.98. The third-order valence-corrected chi connectivity index (χ3v) is 3.06. The van der Waals surface area contributed by atoms with E-state index in [9.17, 15) is 9.59 Å². The lowest BCUT2D eigenvalue weighted by Gasteiger charge is -2.02. The molecule has 1 aromatic heterocycles. The van der Waals surface area contributed by atoms with Crippen LogP contribution in [0.2, 0.25) is 5.02 Å². The Kier molecular flexibility index (Phi) is 3.39. The van der Waals surface area contributed by atoms with Crippen molar-refractivity contribution in [1.29, 1.82) is 0 Å². The maximum Gasteiger partial charge on any atom is 0.219 e. The van der Waals surface area contributed by atoms with Gasteiger partial charge in [0.1, 0.15) is 0 Å². The van der Waals surface area contributed by atoms with E-state index in [2.05, 4.69) is 0 Å². The van der Waals surface area contributed by atoms with Gasteiger partial charge >= 0.3 is 0 Å². The number of nitrogens with zero attached hydrogens (tertiary/aromatic N) is 1. The standard InChI is InChI=1S/C13H13ClN2O2/c1-8(17)11-7-16(5-4-13(15)18)12-3-2-9(14)6-10(11)12/h2-3,6-7H,4-5H2,1H3,(H2,15,18). The Balaban J connectivity index is 2.54. The molecule has 1 aromatic carbocycles. The first-order chi connectivity index (χ1) is 8.49. The van der Waals surface area contributed by atoms with Crippen molar-refractivity contribution < 1.29 is 9.59 Å². The molecule has 18 heavy (non-hydrogen) atoms. The van der Waals surface area contributed by atoms with Gasteiger partial charge in [0, 0.05) is 40.7 Å². The van der Waals surface area contributed by atoms with Crippen LogP contribution >= 0.6 is 11.6 Å². The van der Waals surface area contributed by atoms with Gasteiger partial charge in [0.2, 0.25) is 5.91 Å². The Morgan fingerprint density at radius 3 is 2.72 bits per heavy atom. The van der Waals surface area contributed by atoms with Crippen molar-refractivity contribution in [2.24, 2.45) is 5.73 Å². The summed E-state index contributed by atoms with van der Waals surface area (Å²) in [7, 11) is 0. The number of fused-ring (bicyclic) bond motifs is 1. The number of aromatic nitrogens is 1. The number of rotatable bonds is 4. The van der Waals surface area contributed by atoms with Crippen LogP contribution in [-0.2, 0) is 11.3 Å². The SMILES string of the molecule is CC(=O)c1cn(CCC(N)=O)c2ccc(Cl)cc12. The average Bonchev–Trinajstić information content (AvgIpc) is 2.64. The second kappa shape index (κ2) is 4.82. The van der Waals surface area contributed by atoms with E-state index in [0.717, 1.165) is 10.9 Å². The molecule has 5 heteroatoms. The number of aryl methyl sites for hydroxylation is 1. The molecule has 0 aliphatic carbocycles. The van der Waals surface area contributed by atoms with Crippen molar-refractivity contribution in [3.63, 3.8) is 0 Å². The minimum atomic E-state index is -0.366. The molecule has 2 aromatic rings. The molecule has 0 bridgehead atoms. The number of ketones is 1. The van der Waals surface area contributed by atoms with Crippen molar-refractivity contribution >= 4 is 34.2 Å². The highest BCUT2D eigenvalue weighted by Crippen LogP contribution is 2.25. The zero-order chi connectivity index (χ0) is 13.3. The third kappa shape index (κ3) is 2.38. The Morgan fingerprint density at radius 1 is 1.39 bits per heavy atom. The second-order valence-electron chi connectivity index (χ2n) is 4.17. The van der Waals surface area contributed by atoms with Crippen LogP contribution in [0.3, 0.4) is 0 Å². The number of amides is 1. The second-order valence-corrected chi connectivity index (χ2v) is 4.61. The summed E-state index contributed by atoms with van der Waals surface area (Å²) in [5.74, 6) is -0.393. The van der Waals surface area contributed by atoms with Gasteiger partial charge in [-0.1, -0.05) is 11.6 Å². The normalized spacial score (nSPS) is 10.8. The van der Waals surface area contributed by atoms with Gasteiger partial charge in [-0.05, 0) is 25.1 Å². The number of benzene rings is 1. The van der Waals surface area contributed by atoms with Crippen LogP contribution in [0.25, 0.3) is 10.9 Å². The molecular weight excluding hydrogens is 252 g/mol. The fourth-order valence-electron chi connectivity index (χ4n) is 1.97. The third-order valence-electron chi connectivity index (χ3n) is 2.82. The van der Waals surface area contributed by atoms with E-state index < -0.39 is 0 Å². The van der Waals surface area contributed by atoms with E-state index in [-0.39, 0.29) is 18.1 Å². The first kappa shape index (κ1) is 12.6. The highest BCUT2D eigenvalue weighted by Gasteiger charge is 2.12. The molecule has 94 valence electrons. The molecule has 0 radical (unpaired) electrons. The lowest BCUT2D eigenvalue weighted by Crippen LogP contribution is -2.13. The minimum absolute atomic E-state index is 0.0277. The van der Waals surface area contributed by atoms with Gasteiger partial charge < -0.3 is 10.3 Å². The Morgan fingerprint density at radius 2 is 2.11 bits per heavy atom. The van der Waals surface area contributed by atoms with E-state index in [1.807, 2.05) is 10.6 Å². The van der Waals surface area contributed by atoms with Crippen LogP contribution < -0.4 is 5.73 Å². The number of carbonyl (C=O) groups excluding carboxylic acids is 2. The summed E-state index contributed by atoms with van der Waals surface area (Å²) in [4.78, 5) is 22.4. The minimum Gasteiger partial charge on any atom is -0.370 e. The molecule has 0 unspecified atom stereocenters. The number of carbonyl (C=O) groups is 2. The molecule has 0 saturated heterocycles. The lowest BCUT2D eigenvalue weighted by molar-refractivity contribution is -0.118. The summed E-state index contributed by atoms with van der Waals surface area (Å²) in [6, 6.07) is 5.36. The quantitative estimate of drug-likeness (QED) is 0.862. The Labute approximate surface area is 109 Å². The van der Waals surface area contributed by atoms with Crippen molar-refractivity contribution in [2.75, 3.05) is 0 Å². The van der Waals surface area contributed by atoms with Crippen LogP contribution in [0.4, 0.5) is 0 Å². The predicted octanol–water partition coefficient (Wildman–Crippen LogP) is 2.37. The van der Waals surface area contributed by atoms with Gasteiger partial charge in [0.05, 0.1) is 0 Å². The van der Waals surface area contributed by atoms with E-state index in [4.69, 9.17) is 17.3 Å². The van der Waals surface area contributed by atoms with Crippen LogP contribution in [0, 0.1) is 0 Å². The zero-order valence-electron chi connectivity index (χ0n) is 9.94. The predicted molar refractivity (Wildman–Crippen MR) is 70.8 cm³/mol. The van der Waals surface area contributed by atoms with Crippen LogP contribution in [0.5, 0.6) is 0 Å². The van der Waals surface area contributed by atoms with Gasteiger partial charge in [-0.25, -0.2) is 0 Å². The van der Waals surface area contributed by atoms with E-state index >= 15 is 0 Å². The molecule has 0 aliphatic rings. The molecule has 1 heterocycles. The molecule has 1 amide bonds. The molecule has 0 saturated carbocycles. The maximum absolute atomic E-state index is 11.6. The molecule has 2 N–H and O–H groups in total. The fourth-order valence-corrected chi connectivity index (χ4v) is 2.14. The van der Waals surface area contributed by atoms with Gasteiger partial charge in [-0.3, -0.25) is 9.59 Å². The largest absolute Gasteiger partial charge is 0.370 e. The summed E-state index contributed by atoms with van der Waals surface area (Å²) in [5.41, 5.74) is 6.62. The van der Waals surface area contributed by atoms with Gasteiger partial charge in [-0.15, -0.1) is 0 Å². The van der Waals surface area contributed by atoms with Crippen molar-refractivity contribution in [2.45, 2.75) is 19.9 Å². The lowest BCUT2D eigenvalue weighted by atomic mass is 10.1. The summed E-state index contributed by atoms with van der Waals surface area (Å²) in [5, 5.41) is 1.39. The van der Waals surface area contributed by atoms with E-state index in [1.165, 1.54) is 6.92 Å². The van der Waals surface area contributed by atoms with E-state index in [0.29, 0.717) is 17.1 Å². The number of primary amides is 1. The Hall–Kier alpha value is -1.81. The highest BCUT2D eigenvalue weighted by atomic mass is 35.5. The number of hydrogen-bond donors (Lipinski definition) is 1. The molecule has 0 aliphatic heterocycles. The Bertz CT molecular complexity index is 631. The molecular formula is C13H13ClN2O2. The molecule has 2 rings (SSSR count). The smallest absolute Gasteiger partial charge is 0.219 e. The molecule has 4 nitrogen and oxygen atoms in total. The number of Topliss-reactive ketones (excluding diaryl/α,β-unsaturated/α-hetero) is 1. The maximum atomic E-state index is 11.6. The first-order valence-electron chi connectivity index (χ1n) is 5.56. The number of hydrogen-bond acceptors (Lipinski definition) is 2. The number of halogens is 1. The van der Waals surface area contributed by atoms with Gasteiger partial charge in [-0.2, -0.15) is 0 Å².